The smallest absolute Gasteiger partial charge is 0.403 e. The molecule has 0 amide bonds. The summed E-state index contributed by atoms with van der Waals surface area (Å²) in [7, 11) is -4.52. The van der Waals surface area contributed by atoms with Crippen molar-refractivity contribution in [2.24, 2.45) is 0 Å². The fourth-order valence-electron chi connectivity index (χ4n) is 1.33. The number of rotatable bonds is 4. The molecule has 0 aliphatic heterocycles. The molecule has 0 aliphatic rings. The fourth-order valence-corrected chi connectivity index (χ4v) is 2.64. The molecule has 0 saturated carbocycles. The number of sulfone groups is 1. The molecule has 0 bridgehead atoms. The Morgan fingerprint density at radius 2 is 1.94 bits per heavy atom. The van der Waals surface area contributed by atoms with Crippen LogP contribution in [0.1, 0.15) is 6.92 Å². The number of nitrogen functional groups attached to an aromatic ring is 1. The van der Waals surface area contributed by atoms with E-state index in [0.717, 1.165) is 6.07 Å². The normalized spacial score (nSPS) is 12.4. The highest BCUT2D eigenvalue weighted by molar-refractivity contribution is 7.91. The molecule has 8 heteroatoms. The molecule has 0 fully saturated rings. The van der Waals surface area contributed by atoms with Gasteiger partial charge in [-0.2, -0.15) is 13.2 Å². The molecule has 0 aromatic heterocycles. The number of hydrogen-bond acceptors (Lipinski definition) is 4. The van der Waals surface area contributed by atoms with Gasteiger partial charge in [0.05, 0.1) is 17.2 Å². The van der Waals surface area contributed by atoms with Gasteiger partial charge in [-0.1, -0.05) is 0 Å². The Balaban J connectivity index is 3.19. The third-order valence-corrected chi connectivity index (χ3v) is 3.72. The minimum Gasteiger partial charge on any atom is -0.494 e. The highest BCUT2D eigenvalue weighted by atomic mass is 32.2. The predicted octanol–water partition coefficient (Wildman–Crippen LogP) is 2.00. The van der Waals surface area contributed by atoms with Crippen LogP contribution in [0.2, 0.25) is 0 Å². The van der Waals surface area contributed by atoms with Gasteiger partial charge < -0.3 is 10.5 Å². The topological polar surface area (TPSA) is 69.4 Å². The van der Waals surface area contributed by atoms with Gasteiger partial charge in [0.2, 0.25) is 0 Å². The Kier molecular flexibility index (Phi) is 4.10. The first-order valence-electron chi connectivity index (χ1n) is 4.97. The first kappa shape index (κ1) is 14.6. The van der Waals surface area contributed by atoms with Crippen LogP contribution in [0.25, 0.3) is 0 Å². The average molecular weight is 283 g/mol. The Labute approximate surface area is 102 Å². The van der Waals surface area contributed by atoms with E-state index in [9.17, 15) is 21.6 Å². The van der Waals surface area contributed by atoms with E-state index in [1.54, 1.807) is 6.92 Å². The number of alkyl halides is 3. The van der Waals surface area contributed by atoms with Gasteiger partial charge in [-0.3, -0.25) is 0 Å². The molecular formula is C10H12F3NO3S. The third kappa shape index (κ3) is 3.80. The van der Waals surface area contributed by atoms with Gasteiger partial charge in [-0.05, 0) is 19.1 Å². The third-order valence-electron chi connectivity index (χ3n) is 1.98. The van der Waals surface area contributed by atoms with E-state index >= 15 is 0 Å². The summed E-state index contributed by atoms with van der Waals surface area (Å²) in [5.74, 6) is -1.78. The zero-order valence-electron chi connectivity index (χ0n) is 9.49. The van der Waals surface area contributed by atoms with Gasteiger partial charge in [0.25, 0.3) is 0 Å². The van der Waals surface area contributed by atoms with Gasteiger partial charge in [0.15, 0.2) is 15.6 Å². The van der Waals surface area contributed by atoms with Crippen LogP contribution >= 0.6 is 0 Å². The lowest BCUT2D eigenvalue weighted by atomic mass is 10.3. The maximum atomic E-state index is 12.2. The first-order chi connectivity index (χ1) is 8.15. The molecular weight excluding hydrogens is 271 g/mol. The molecule has 0 unspecified atom stereocenters. The molecule has 0 radical (unpaired) electrons. The number of benzene rings is 1. The van der Waals surface area contributed by atoms with Crippen LogP contribution < -0.4 is 10.5 Å². The summed E-state index contributed by atoms with van der Waals surface area (Å²) in [5, 5.41) is 0. The highest BCUT2D eigenvalue weighted by Crippen LogP contribution is 2.29. The number of hydrogen-bond donors (Lipinski definition) is 1. The summed E-state index contributed by atoms with van der Waals surface area (Å²) < 4.78 is 64.7. The van der Waals surface area contributed by atoms with Crippen molar-refractivity contribution in [3.8, 4) is 5.75 Å². The zero-order valence-corrected chi connectivity index (χ0v) is 10.3. The van der Waals surface area contributed by atoms with Gasteiger partial charge in [0.1, 0.15) is 5.75 Å². The fraction of sp³-hybridized carbons (Fsp3) is 0.400. The lowest BCUT2D eigenvalue weighted by Crippen LogP contribution is -2.23. The van der Waals surface area contributed by atoms with Crippen LogP contribution in [0.15, 0.2) is 23.1 Å². The summed E-state index contributed by atoms with van der Waals surface area (Å²) in [6, 6.07) is 3.60. The molecule has 1 aromatic carbocycles. The molecule has 1 rings (SSSR count). The maximum absolute atomic E-state index is 12.2. The quantitative estimate of drug-likeness (QED) is 0.858. The largest absolute Gasteiger partial charge is 0.494 e. The van der Waals surface area contributed by atoms with E-state index in [4.69, 9.17) is 10.5 Å². The van der Waals surface area contributed by atoms with Crippen LogP contribution in [-0.4, -0.2) is 27.0 Å². The Morgan fingerprint density at radius 3 is 2.44 bits per heavy atom. The number of halogens is 3. The van der Waals surface area contributed by atoms with E-state index in [2.05, 4.69) is 0 Å². The number of ether oxygens (including phenoxy) is 1. The second-order valence-corrected chi connectivity index (χ2v) is 5.46. The van der Waals surface area contributed by atoms with Gasteiger partial charge >= 0.3 is 6.18 Å². The van der Waals surface area contributed by atoms with Crippen LogP contribution in [0.4, 0.5) is 18.9 Å². The summed E-state index contributed by atoms with van der Waals surface area (Å²) in [6.07, 6.45) is -4.81. The minimum absolute atomic E-state index is 0.160. The van der Waals surface area contributed by atoms with E-state index in [-0.39, 0.29) is 18.0 Å². The Morgan fingerprint density at radius 1 is 1.33 bits per heavy atom. The van der Waals surface area contributed by atoms with Crippen LogP contribution in [0.5, 0.6) is 5.75 Å². The standard InChI is InChI=1S/C10H12F3NO3S/c1-2-17-7-3-4-8(14)9(5-7)18(15,16)6-10(11,12)13/h3-5H,2,6,14H2,1H3. The zero-order chi connectivity index (χ0) is 14.0. The second kappa shape index (κ2) is 5.05. The molecule has 0 heterocycles. The van der Waals surface area contributed by atoms with Gasteiger partial charge in [0, 0.05) is 6.07 Å². The highest BCUT2D eigenvalue weighted by Gasteiger charge is 2.36. The van der Waals surface area contributed by atoms with Crippen molar-refractivity contribution >= 4 is 15.5 Å². The van der Waals surface area contributed by atoms with Crippen LogP contribution in [0, 0.1) is 0 Å². The summed E-state index contributed by atoms with van der Waals surface area (Å²) in [4.78, 5) is -0.564. The van der Waals surface area contributed by atoms with Crippen molar-refractivity contribution in [1.82, 2.24) is 0 Å². The minimum atomic E-state index is -4.81. The average Bonchev–Trinajstić information content (AvgIpc) is 2.17. The summed E-state index contributed by atoms with van der Waals surface area (Å²) >= 11 is 0. The SMILES string of the molecule is CCOc1ccc(N)c(S(=O)(=O)CC(F)(F)F)c1. The maximum Gasteiger partial charge on any atom is 0.403 e. The van der Waals surface area contributed by atoms with Crippen molar-refractivity contribution in [3.63, 3.8) is 0 Å². The van der Waals surface area contributed by atoms with Crippen molar-refractivity contribution in [3.05, 3.63) is 18.2 Å². The Hall–Kier alpha value is -1.44. The van der Waals surface area contributed by atoms with Gasteiger partial charge in [-0.15, -0.1) is 0 Å². The molecule has 102 valence electrons. The van der Waals surface area contributed by atoms with E-state index in [1.165, 1.54) is 12.1 Å². The monoisotopic (exact) mass is 283 g/mol. The second-order valence-electron chi connectivity index (χ2n) is 3.51. The molecule has 0 saturated heterocycles. The van der Waals surface area contributed by atoms with Crippen molar-refractivity contribution in [1.29, 1.82) is 0 Å². The van der Waals surface area contributed by atoms with Crippen molar-refractivity contribution < 1.29 is 26.3 Å². The predicted molar refractivity (Wildman–Crippen MR) is 60.1 cm³/mol. The van der Waals surface area contributed by atoms with E-state index < -0.39 is 26.7 Å². The Bertz CT molecular complexity index is 526. The molecule has 4 nitrogen and oxygen atoms in total. The molecule has 0 aliphatic carbocycles. The van der Waals surface area contributed by atoms with E-state index in [0.29, 0.717) is 0 Å². The molecule has 0 spiro atoms. The van der Waals surface area contributed by atoms with E-state index in [1.807, 2.05) is 0 Å². The summed E-state index contributed by atoms with van der Waals surface area (Å²) in [6.45, 7) is 1.93. The summed E-state index contributed by atoms with van der Waals surface area (Å²) in [5.41, 5.74) is 5.15. The number of anilines is 1. The van der Waals surface area contributed by atoms with Crippen molar-refractivity contribution in [2.75, 3.05) is 18.1 Å². The molecule has 0 atom stereocenters. The van der Waals surface area contributed by atoms with Gasteiger partial charge in [-0.25, -0.2) is 8.42 Å². The molecule has 1 aromatic rings. The van der Waals surface area contributed by atoms with Crippen LogP contribution in [0.3, 0.4) is 0 Å². The first-order valence-corrected chi connectivity index (χ1v) is 6.63. The lowest BCUT2D eigenvalue weighted by molar-refractivity contribution is -0.106. The molecule has 2 N–H and O–H groups in total. The number of nitrogens with two attached hydrogens (primary N) is 1. The van der Waals surface area contributed by atoms with Crippen molar-refractivity contribution in [2.45, 2.75) is 18.0 Å². The molecule has 18 heavy (non-hydrogen) atoms. The lowest BCUT2D eigenvalue weighted by Gasteiger charge is -2.11. The van der Waals surface area contributed by atoms with Crippen LogP contribution in [-0.2, 0) is 9.84 Å².